The van der Waals surface area contributed by atoms with Gasteiger partial charge in [0.25, 0.3) is 5.91 Å². The van der Waals surface area contributed by atoms with Crippen molar-refractivity contribution < 1.29 is 27.9 Å². The molecule has 2 heterocycles. The zero-order chi connectivity index (χ0) is 19.1. The van der Waals surface area contributed by atoms with Gasteiger partial charge in [0.2, 0.25) is 0 Å². The number of thiophene rings is 1. The van der Waals surface area contributed by atoms with Gasteiger partial charge in [-0.05, 0) is 34.1 Å². The highest BCUT2D eigenvalue weighted by molar-refractivity contribution is 9.10. The molecule has 12 heteroatoms. The normalized spacial score (nSPS) is 12.5. The third-order valence-corrected chi connectivity index (χ3v) is 6.96. The van der Waals surface area contributed by atoms with E-state index in [0.29, 0.717) is 21.7 Å². The molecule has 1 amide bonds. The number of carbonyl (C=O) groups excluding carboxylic acids is 1. The molecule has 0 unspecified atom stereocenters. The maximum atomic E-state index is 14.0. The number of carbonyl (C=O) groups is 1. The van der Waals surface area contributed by atoms with E-state index in [-0.39, 0.29) is 22.0 Å². The lowest BCUT2D eigenvalue weighted by Gasteiger charge is -2.16. The average molecular weight is 466 g/mol. The monoisotopic (exact) mass is 465 g/mol. The number of fused-ring (bicyclic) bond motifs is 1. The first kappa shape index (κ1) is 19.1. The van der Waals surface area contributed by atoms with Crippen LogP contribution in [0.5, 0.6) is 0 Å². The molecule has 2 aromatic heterocycles. The summed E-state index contributed by atoms with van der Waals surface area (Å²) in [6, 6.07) is 4.29. The first-order chi connectivity index (χ1) is 12.1. The molecule has 0 spiro atoms. The summed E-state index contributed by atoms with van der Waals surface area (Å²) in [6.45, 7) is 0.212. The van der Waals surface area contributed by atoms with E-state index >= 15 is 0 Å². The Bertz CT molecular complexity index is 1020. The number of hydrogen-bond acceptors (Lipinski definition) is 4. The molecule has 0 bridgehead atoms. The van der Waals surface area contributed by atoms with Crippen molar-refractivity contribution in [2.75, 3.05) is 0 Å². The van der Waals surface area contributed by atoms with Crippen LogP contribution in [0, 0.1) is 0 Å². The smallest absolute Gasteiger partial charge is 0.347 e. The minimum atomic E-state index is -5.68. The van der Waals surface area contributed by atoms with Crippen LogP contribution in [0.1, 0.15) is 20.9 Å². The third kappa shape index (κ3) is 3.45. The van der Waals surface area contributed by atoms with Crippen molar-refractivity contribution in [1.29, 1.82) is 0 Å². The van der Waals surface area contributed by atoms with Crippen molar-refractivity contribution >= 4 is 50.9 Å². The number of imidazole rings is 1. The van der Waals surface area contributed by atoms with Crippen LogP contribution in [0.15, 0.2) is 35.2 Å². The number of H-pyrrole nitrogens is 1. The van der Waals surface area contributed by atoms with Gasteiger partial charge >= 0.3 is 13.3 Å². The molecular formula is C14H11BrF2N3O4PS. The maximum absolute atomic E-state index is 14.0. The van der Waals surface area contributed by atoms with Gasteiger partial charge in [-0.15, -0.1) is 11.3 Å². The highest BCUT2D eigenvalue weighted by atomic mass is 79.9. The Hall–Kier alpha value is -1.65. The fourth-order valence-electron chi connectivity index (χ4n) is 2.19. The molecule has 0 saturated heterocycles. The van der Waals surface area contributed by atoms with Crippen LogP contribution in [0.2, 0.25) is 0 Å². The van der Waals surface area contributed by atoms with Gasteiger partial charge in [0.1, 0.15) is 4.88 Å². The highest BCUT2D eigenvalue weighted by Crippen LogP contribution is 2.62. The van der Waals surface area contributed by atoms with Gasteiger partial charge in [0, 0.05) is 26.3 Å². The molecule has 1 aromatic carbocycles. The number of nitrogens with zero attached hydrogens (tertiary/aromatic N) is 1. The lowest BCUT2D eigenvalue weighted by molar-refractivity contribution is 0.0595. The van der Waals surface area contributed by atoms with E-state index in [9.17, 15) is 18.1 Å². The van der Waals surface area contributed by atoms with Gasteiger partial charge < -0.3 is 20.1 Å². The van der Waals surface area contributed by atoms with Crippen molar-refractivity contribution in [3.8, 4) is 0 Å². The number of halogens is 3. The molecule has 0 radical (unpaired) electrons. The number of rotatable bonds is 5. The minimum Gasteiger partial charge on any atom is -0.347 e. The summed E-state index contributed by atoms with van der Waals surface area (Å²) in [5.41, 5.74) is -3.40. The summed E-state index contributed by atoms with van der Waals surface area (Å²) < 4.78 is 39.4. The lowest BCUT2D eigenvalue weighted by Crippen LogP contribution is -2.22. The molecule has 26 heavy (non-hydrogen) atoms. The summed E-state index contributed by atoms with van der Waals surface area (Å²) in [7, 11) is -5.68. The molecule has 0 aliphatic rings. The highest BCUT2D eigenvalue weighted by Gasteiger charge is 2.53. The van der Waals surface area contributed by atoms with E-state index in [1.807, 2.05) is 0 Å². The number of amides is 1. The molecule has 138 valence electrons. The summed E-state index contributed by atoms with van der Waals surface area (Å²) in [4.78, 5) is 36.0. The van der Waals surface area contributed by atoms with Crippen molar-refractivity contribution in [1.82, 2.24) is 15.3 Å². The summed E-state index contributed by atoms with van der Waals surface area (Å²) >= 11 is 3.53. The Kier molecular flexibility index (Phi) is 5.02. The van der Waals surface area contributed by atoms with Crippen LogP contribution in [0.4, 0.5) is 8.78 Å². The zero-order valence-corrected chi connectivity index (χ0v) is 16.0. The largest absolute Gasteiger partial charge is 0.400 e. The standard InChI is InChI=1S/C14H11BrF2N3O4PS/c15-11-9-3-7(13(21)19-5-8-4-18-6-20-8)1-2-10(9)26-12(11)14(16,17)25(22,23)24/h1-4,6H,5H2,(H,18,20)(H,19,21)(H2,22,23,24). The Morgan fingerprint density at radius 1 is 1.42 bits per heavy atom. The van der Waals surface area contributed by atoms with Crippen molar-refractivity contribution in [2.24, 2.45) is 0 Å². The van der Waals surface area contributed by atoms with E-state index in [1.165, 1.54) is 24.5 Å². The number of alkyl halides is 2. The van der Waals surface area contributed by atoms with Crippen LogP contribution in [0.25, 0.3) is 10.1 Å². The molecule has 0 aliphatic heterocycles. The molecule has 3 aromatic rings. The Morgan fingerprint density at radius 3 is 2.77 bits per heavy atom. The minimum absolute atomic E-state index is 0.144. The van der Waals surface area contributed by atoms with Crippen LogP contribution >= 0.6 is 34.9 Å². The lowest BCUT2D eigenvalue weighted by atomic mass is 10.1. The molecule has 7 nitrogen and oxygen atoms in total. The van der Waals surface area contributed by atoms with Crippen LogP contribution in [-0.2, 0) is 16.8 Å². The van der Waals surface area contributed by atoms with Gasteiger partial charge in [-0.1, -0.05) is 0 Å². The van der Waals surface area contributed by atoms with Gasteiger partial charge in [0.15, 0.2) is 0 Å². The van der Waals surface area contributed by atoms with E-state index in [1.54, 1.807) is 6.20 Å². The molecule has 0 atom stereocenters. The molecule has 4 N–H and O–H groups in total. The van der Waals surface area contributed by atoms with Gasteiger partial charge in [-0.3, -0.25) is 9.36 Å². The predicted molar refractivity (Wildman–Crippen MR) is 95.2 cm³/mol. The SMILES string of the molecule is O=C(NCc1cnc[nH]1)c1ccc2sc(C(F)(F)P(=O)(O)O)c(Br)c2c1. The summed E-state index contributed by atoms with van der Waals surface area (Å²) in [6.07, 6.45) is 3.02. The number of hydrogen-bond donors (Lipinski definition) is 4. The second-order valence-corrected chi connectivity index (χ2v) is 8.80. The van der Waals surface area contributed by atoms with Gasteiger partial charge in [-0.2, -0.15) is 8.78 Å². The fraction of sp³-hybridized carbons (Fsp3) is 0.143. The second-order valence-electron chi connectivity index (χ2n) is 5.30. The van der Waals surface area contributed by atoms with E-state index in [0.717, 1.165) is 0 Å². The number of benzene rings is 1. The average Bonchev–Trinajstić information content (AvgIpc) is 3.19. The number of aromatic nitrogens is 2. The molecule has 0 fully saturated rings. The Morgan fingerprint density at radius 2 is 2.15 bits per heavy atom. The molecule has 0 aliphatic carbocycles. The summed E-state index contributed by atoms with van der Waals surface area (Å²) in [5.74, 6) is -0.428. The van der Waals surface area contributed by atoms with E-state index < -0.39 is 24.0 Å². The van der Waals surface area contributed by atoms with Crippen LogP contribution in [0.3, 0.4) is 0 Å². The third-order valence-electron chi connectivity index (χ3n) is 3.52. The number of nitrogens with one attached hydrogen (secondary N) is 2. The first-order valence-corrected chi connectivity index (χ1v) is 10.2. The molecule has 0 saturated carbocycles. The second kappa shape index (κ2) is 6.82. The Balaban J connectivity index is 1.93. The summed E-state index contributed by atoms with van der Waals surface area (Å²) in [5, 5.41) is 2.92. The van der Waals surface area contributed by atoms with E-state index in [2.05, 4.69) is 31.2 Å². The topological polar surface area (TPSA) is 115 Å². The van der Waals surface area contributed by atoms with Crippen molar-refractivity contribution in [2.45, 2.75) is 12.2 Å². The predicted octanol–water partition coefficient (Wildman–Crippen LogP) is 3.54. The molecule has 3 rings (SSSR count). The zero-order valence-electron chi connectivity index (χ0n) is 12.7. The van der Waals surface area contributed by atoms with Crippen molar-refractivity contribution in [3.05, 3.63) is 51.3 Å². The first-order valence-electron chi connectivity index (χ1n) is 7.02. The quantitative estimate of drug-likeness (QED) is 0.430. The fourth-order valence-corrected chi connectivity index (χ4v) is 5.12. The van der Waals surface area contributed by atoms with E-state index in [4.69, 9.17) is 9.79 Å². The van der Waals surface area contributed by atoms with Crippen molar-refractivity contribution in [3.63, 3.8) is 0 Å². The Labute approximate surface area is 157 Å². The van der Waals surface area contributed by atoms with Gasteiger partial charge in [-0.25, -0.2) is 4.98 Å². The van der Waals surface area contributed by atoms with Crippen LogP contribution < -0.4 is 5.32 Å². The van der Waals surface area contributed by atoms with Gasteiger partial charge in [0.05, 0.1) is 18.6 Å². The number of aromatic amines is 1. The maximum Gasteiger partial charge on any atom is 0.400 e. The van der Waals surface area contributed by atoms with Crippen LogP contribution in [-0.4, -0.2) is 25.7 Å². The molecular weight excluding hydrogens is 455 g/mol.